The fraction of sp³-hybridized carbons (Fsp3) is 0.111. The molecule has 0 aromatic heterocycles. The Morgan fingerprint density at radius 1 is 1.09 bits per heavy atom. The van der Waals surface area contributed by atoms with Crippen LogP contribution in [0.4, 0.5) is 0 Å². The molecule has 0 aliphatic rings. The molecule has 2 rings (SSSR count). The van der Waals surface area contributed by atoms with Gasteiger partial charge in [-0.1, -0.05) is 24.3 Å². The summed E-state index contributed by atoms with van der Waals surface area (Å²) in [5, 5.41) is 18.7. The number of hydrogen-bond acceptors (Lipinski definition) is 3. The van der Waals surface area contributed by atoms with Gasteiger partial charge in [-0.25, -0.2) is 9.59 Å². The molecule has 118 valence electrons. The number of aryl methyl sites for hydroxylation is 1. The lowest BCUT2D eigenvalue weighted by Crippen LogP contribution is -2.03. The zero-order chi connectivity index (χ0) is 17.0. The van der Waals surface area contributed by atoms with Crippen molar-refractivity contribution < 1.29 is 24.5 Å². The Balaban J connectivity index is 2.58. The summed E-state index contributed by atoms with van der Waals surface area (Å²) in [5.74, 6) is -1.58. The Morgan fingerprint density at radius 2 is 1.78 bits per heavy atom. The van der Waals surface area contributed by atoms with Crippen molar-refractivity contribution in [3.05, 3.63) is 64.7 Å². The average molecular weight is 312 g/mol. The third kappa shape index (κ3) is 3.58. The van der Waals surface area contributed by atoms with Crippen LogP contribution in [-0.4, -0.2) is 29.3 Å². The minimum Gasteiger partial charge on any atom is -0.496 e. The molecule has 5 heteroatoms. The van der Waals surface area contributed by atoms with Crippen LogP contribution in [0.2, 0.25) is 0 Å². The van der Waals surface area contributed by atoms with Gasteiger partial charge in [-0.15, -0.1) is 0 Å². The van der Waals surface area contributed by atoms with Crippen LogP contribution in [0.15, 0.2) is 42.5 Å². The predicted octanol–water partition coefficient (Wildman–Crippen LogP) is 3.33. The maximum atomic E-state index is 11.6. The summed E-state index contributed by atoms with van der Waals surface area (Å²) in [7, 11) is 1.54. The van der Waals surface area contributed by atoms with E-state index in [0.29, 0.717) is 16.9 Å². The first kappa shape index (κ1) is 16.3. The van der Waals surface area contributed by atoms with E-state index >= 15 is 0 Å². The molecule has 0 radical (unpaired) electrons. The summed E-state index contributed by atoms with van der Waals surface area (Å²) in [4.78, 5) is 22.9. The van der Waals surface area contributed by atoms with Crippen LogP contribution in [0.25, 0.3) is 11.6 Å². The van der Waals surface area contributed by atoms with Crippen LogP contribution < -0.4 is 4.74 Å². The summed E-state index contributed by atoms with van der Waals surface area (Å²) < 4.78 is 5.16. The maximum Gasteiger partial charge on any atom is 0.336 e. The van der Waals surface area contributed by atoms with Gasteiger partial charge in [0.25, 0.3) is 0 Å². The first-order chi connectivity index (χ1) is 10.9. The van der Waals surface area contributed by atoms with E-state index in [1.807, 2.05) is 6.92 Å². The van der Waals surface area contributed by atoms with Gasteiger partial charge in [0.2, 0.25) is 0 Å². The standard InChI is InChI=1S/C18H16O5/c1-11-9-13(7-8-16(11)23-2)15(18(21)22)10-12-5-3-4-6-14(12)17(19)20/h3-10H,1-2H3,(H,19,20)(H,21,22)/b15-10-. The molecule has 0 fully saturated rings. The van der Waals surface area contributed by atoms with E-state index < -0.39 is 11.9 Å². The van der Waals surface area contributed by atoms with Crippen LogP contribution in [0.5, 0.6) is 5.75 Å². The first-order valence-corrected chi connectivity index (χ1v) is 6.86. The largest absolute Gasteiger partial charge is 0.496 e. The lowest BCUT2D eigenvalue weighted by atomic mass is 9.98. The minimum absolute atomic E-state index is 0.0180. The lowest BCUT2D eigenvalue weighted by Gasteiger charge is -2.09. The lowest BCUT2D eigenvalue weighted by molar-refractivity contribution is -0.130. The third-order valence-electron chi connectivity index (χ3n) is 3.43. The Kier molecular flexibility index (Phi) is 4.81. The molecule has 0 aliphatic heterocycles. The summed E-state index contributed by atoms with van der Waals surface area (Å²) in [5.41, 5.74) is 1.69. The van der Waals surface area contributed by atoms with Gasteiger partial charge in [0.15, 0.2) is 0 Å². The van der Waals surface area contributed by atoms with Crippen LogP contribution in [0, 0.1) is 6.92 Å². The molecular formula is C18H16O5. The SMILES string of the molecule is COc1ccc(/C(=C/c2ccccc2C(=O)O)C(=O)O)cc1C. The molecule has 0 saturated carbocycles. The van der Waals surface area contributed by atoms with Gasteiger partial charge in [-0.3, -0.25) is 0 Å². The van der Waals surface area contributed by atoms with E-state index in [1.165, 1.54) is 12.1 Å². The summed E-state index contributed by atoms with van der Waals surface area (Å²) in [6.07, 6.45) is 1.37. The Labute approximate surface area is 133 Å². The van der Waals surface area contributed by atoms with Crippen molar-refractivity contribution in [3.8, 4) is 5.75 Å². The van der Waals surface area contributed by atoms with Gasteiger partial charge >= 0.3 is 11.9 Å². The number of ether oxygens (including phenoxy) is 1. The second kappa shape index (κ2) is 6.79. The zero-order valence-corrected chi connectivity index (χ0v) is 12.7. The number of benzene rings is 2. The van der Waals surface area contributed by atoms with Crippen molar-refractivity contribution in [1.82, 2.24) is 0 Å². The van der Waals surface area contributed by atoms with E-state index in [0.717, 1.165) is 5.56 Å². The molecule has 0 aliphatic carbocycles. The highest BCUT2D eigenvalue weighted by molar-refractivity contribution is 6.21. The number of aliphatic carboxylic acids is 1. The molecule has 0 spiro atoms. The van der Waals surface area contributed by atoms with Gasteiger partial charge in [0.05, 0.1) is 18.2 Å². The molecule has 0 bridgehead atoms. The van der Waals surface area contributed by atoms with E-state index in [1.54, 1.807) is 43.5 Å². The molecule has 0 amide bonds. The maximum absolute atomic E-state index is 11.6. The second-order valence-electron chi connectivity index (χ2n) is 4.94. The van der Waals surface area contributed by atoms with Crippen molar-refractivity contribution in [2.45, 2.75) is 6.92 Å². The van der Waals surface area contributed by atoms with Crippen molar-refractivity contribution >= 4 is 23.6 Å². The van der Waals surface area contributed by atoms with Gasteiger partial charge in [0, 0.05) is 0 Å². The number of carboxylic acid groups (broad SMARTS) is 2. The molecule has 0 unspecified atom stereocenters. The van der Waals surface area contributed by atoms with Crippen molar-refractivity contribution in [3.63, 3.8) is 0 Å². The molecular weight excluding hydrogens is 296 g/mol. The second-order valence-corrected chi connectivity index (χ2v) is 4.94. The normalized spacial score (nSPS) is 11.1. The predicted molar refractivity (Wildman–Crippen MR) is 86.6 cm³/mol. The summed E-state index contributed by atoms with van der Waals surface area (Å²) in [6, 6.07) is 11.3. The zero-order valence-electron chi connectivity index (χ0n) is 12.7. The Morgan fingerprint density at radius 3 is 2.35 bits per heavy atom. The molecule has 5 nitrogen and oxygen atoms in total. The van der Waals surface area contributed by atoms with Crippen LogP contribution in [0.1, 0.15) is 27.0 Å². The van der Waals surface area contributed by atoms with Crippen LogP contribution in [0.3, 0.4) is 0 Å². The highest BCUT2D eigenvalue weighted by atomic mass is 16.5. The molecule has 23 heavy (non-hydrogen) atoms. The van der Waals surface area contributed by atoms with Crippen LogP contribution >= 0.6 is 0 Å². The Bertz CT molecular complexity index is 790. The fourth-order valence-corrected chi connectivity index (χ4v) is 2.29. The number of carbonyl (C=O) groups is 2. The van der Waals surface area contributed by atoms with Gasteiger partial charge in [-0.2, -0.15) is 0 Å². The third-order valence-corrected chi connectivity index (χ3v) is 3.43. The van der Waals surface area contributed by atoms with Crippen molar-refractivity contribution in [2.75, 3.05) is 7.11 Å². The molecule has 2 aromatic carbocycles. The van der Waals surface area contributed by atoms with E-state index in [-0.39, 0.29) is 11.1 Å². The van der Waals surface area contributed by atoms with E-state index in [4.69, 9.17) is 4.74 Å². The van der Waals surface area contributed by atoms with Crippen molar-refractivity contribution in [2.24, 2.45) is 0 Å². The van der Waals surface area contributed by atoms with Crippen molar-refractivity contribution in [1.29, 1.82) is 0 Å². The van der Waals surface area contributed by atoms with Gasteiger partial charge in [-0.05, 0) is 47.9 Å². The topological polar surface area (TPSA) is 83.8 Å². The molecule has 0 atom stereocenters. The Hall–Kier alpha value is -3.08. The molecule has 0 heterocycles. The average Bonchev–Trinajstić information content (AvgIpc) is 2.52. The number of carboxylic acids is 2. The van der Waals surface area contributed by atoms with Gasteiger partial charge in [0.1, 0.15) is 5.75 Å². The quantitative estimate of drug-likeness (QED) is 0.653. The number of rotatable bonds is 5. The highest BCUT2D eigenvalue weighted by Gasteiger charge is 2.15. The number of methoxy groups -OCH3 is 1. The van der Waals surface area contributed by atoms with E-state index in [2.05, 4.69) is 0 Å². The molecule has 2 aromatic rings. The monoisotopic (exact) mass is 312 g/mol. The minimum atomic E-state index is -1.13. The smallest absolute Gasteiger partial charge is 0.336 e. The fourth-order valence-electron chi connectivity index (χ4n) is 2.29. The molecule has 0 saturated heterocycles. The van der Waals surface area contributed by atoms with Gasteiger partial charge < -0.3 is 14.9 Å². The number of hydrogen-bond donors (Lipinski definition) is 2. The van der Waals surface area contributed by atoms with E-state index in [9.17, 15) is 19.8 Å². The van der Waals surface area contributed by atoms with Crippen LogP contribution in [-0.2, 0) is 4.79 Å². The number of aromatic carboxylic acids is 1. The summed E-state index contributed by atoms with van der Waals surface area (Å²) >= 11 is 0. The first-order valence-electron chi connectivity index (χ1n) is 6.86. The highest BCUT2D eigenvalue weighted by Crippen LogP contribution is 2.26. The molecule has 2 N–H and O–H groups in total. The summed E-state index contributed by atoms with van der Waals surface area (Å²) in [6.45, 7) is 1.81.